The van der Waals surface area contributed by atoms with Gasteiger partial charge in [-0.2, -0.15) is 5.10 Å². The van der Waals surface area contributed by atoms with Crippen molar-refractivity contribution in [3.8, 4) is 0 Å². The van der Waals surface area contributed by atoms with Gasteiger partial charge in [-0.1, -0.05) is 30.3 Å². The summed E-state index contributed by atoms with van der Waals surface area (Å²) in [6.45, 7) is 5.57. The van der Waals surface area contributed by atoms with Gasteiger partial charge in [-0.3, -0.25) is 10.3 Å². The van der Waals surface area contributed by atoms with Gasteiger partial charge in [0.05, 0.1) is 6.04 Å². The molecular weight excluding hydrogens is 419 g/mol. The minimum absolute atomic E-state index is 0.0937. The number of carbonyl (C=O) groups is 3. The molecule has 0 aliphatic rings. The van der Waals surface area contributed by atoms with E-state index in [-0.39, 0.29) is 19.1 Å². The van der Waals surface area contributed by atoms with Gasteiger partial charge in [0.2, 0.25) is 0 Å². The highest BCUT2D eigenvalue weighted by molar-refractivity contribution is 5.92. The van der Waals surface area contributed by atoms with Gasteiger partial charge in [-0.25, -0.2) is 19.8 Å². The Kier molecular flexibility index (Phi) is 11.0. The lowest BCUT2D eigenvalue weighted by atomic mass is 10.2. The van der Waals surface area contributed by atoms with Crippen LogP contribution in [0.25, 0.3) is 0 Å². The third-order valence-corrected chi connectivity index (χ3v) is 3.53. The zero-order valence-corrected chi connectivity index (χ0v) is 18.5. The summed E-state index contributed by atoms with van der Waals surface area (Å²) in [6.07, 6.45) is 0.840. The molecule has 0 aliphatic carbocycles. The summed E-state index contributed by atoms with van der Waals surface area (Å²) in [6, 6.07) is 7.81. The Morgan fingerprint density at radius 1 is 1.12 bits per heavy atom. The lowest BCUT2D eigenvalue weighted by molar-refractivity contribution is 0.0517. The third kappa shape index (κ3) is 13.4. The maximum absolute atomic E-state index is 12.0. The van der Waals surface area contributed by atoms with Gasteiger partial charge >= 0.3 is 18.2 Å². The number of nitrogens with zero attached hydrogens (tertiary/aromatic N) is 2. The second-order valence-corrected chi connectivity index (χ2v) is 7.60. The van der Waals surface area contributed by atoms with Crippen LogP contribution in [0.1, 0.15) is 39.2 Å². The molecule has 12 heteroatoms. The van der Waals surface area contributed by atoms with Crippen LogP contribution in [-0.4, -0.2) is 48.6 Å². The molecule has 7 N–H and O–H groups in total. The molecule has 0 saturated carbocycles. The fourth-order valence-corrected chi connectivity index (χ4v) is 2.25. The lowest BCUT2D eigenvalue weighted by Crippen LogP contribution is -2.40. The molecule has 0 spiro atoms. The van der Waals surface area contributed by atoms with Gasteiger partial charge in [0.1, 0.15) is 12.2 Å². The predicted molar refractivity (Wildman–Crippen MR) is 120 cm³/mol. The Morgan fingerprint density at radius 2 is 1.81 bits per heavy atom. The molecule has 1 atom stereocenters. The van der Waals surface area contributed by atoms with Crippen molar-refractivity contribution in [1.29, 1.82) is 0 Å². The second kappa shape index (κ2) is 13.5. The molecule has 176 valence electrons. The Hall–Kier alpha value is -3.83. The lowest BCUT2D eigenvalue weighted by Gasteiger charge is -2.22. The van der Waals surface area contributed by atoms with E-state index in [2.05, 4.69) is 26.2 Å². The van der Waals surface area contributed by atoms with Crippen LogP contribution in [0.15, 0.2) is 40.4 Å². The zero-order valence-electron chi connectivity index (χ0n) is 18.5. The first kappa shape index (κ1) is 26.2. The van der Waals surface area contributed by atoms with Crippen LogP contribution in [0.2, 0.25) is 0 Å². The summed E-state index contributed by atoms with van der Waals surface area (Å²) in [5.74, 6) is -0.0937. The van der Waals surface area contributed by atoms with E-state index in [0.717, 1.165) is 5.56 Å². The van der Waals surface area contributed by atoms with Gasteiger partial charge in [0.15, 0.2) is 5.96 Å². The number of urea groups is 1. The van der Waals surface area contributed by atoms with Crippen LogP contribution >= 0.6 is 0 Å². The highest BCUT2D eigenvalue weighted by Gasteiger charge is 2.18. The monoisotopic (exact) mass is 450 g/mol. The predicted octanol–water partition coefficient (Wildman–Crippen LogP) is 1.56. The van der Waals surface area contributed by atoms with Gasteiger partial charge in [0.25, 0.3) is 0 Å². The first-order chi connectivity index (χ1) is 15.0. The highest BCUT2D eigenvalue weighted by atomic mass is 16.6. The molecule has 4 amide bonds. The Balaban J connectivity index is 2.46. The number of primary amides is 1. The number of amides is 4. The molecule has 0 saturated heterocycles. The number of benzene rings is 1. The van der Waals surface area contributed by atoms with E-state index >= 15 is 0 Å². The molecule has 1 rings (SSSR count). The van der Waals surface area contributed by atoms with Crippen LogP contribution < -0.4 is 27.5 Å². The number of rotatable bonds is 9. The number of nitrogens with one attached hydrogen (secondary N) is 3. The third-order valence-electron chi connectivity index (χ3n) is 3.53. The van der Waals surface area contributed by atoms with Crippen molar-refractivity contribution < 1.29 is 23.9 Å². The van der Waals surface area contributed by atoms with Crippen LogP contribution in [0.3, 0.4) is 0 Å². The fraction of sp³-hybridized carbons (Fsp3) is 0.450. The van der Waals surface area contributed by atoms with E-state index in [4.69, 9.17) is 20.9 Å². The average molecular weight is 451 g/mol. The maximum Gasteiger partial charge on any atom is 0.414 e. The van der Waals surface area contributed by atoms with E-state index in [1.165, 1.54) is 6.21 Å². The zero-order chi connectivity index (χ0) is 24.0. The standard InChI is InChI=1S/C20H31N7O5/c1-20(2,3)32-19(30)25-15(12-24-27-17(22)28)10-7-11-23-16(21)26-18(29)31-13-14-8-5-4-6-9-14/h4-6,8-9,12,15H,7,10-11,13H2,1-3H3,(H,25,30)(H3,22,27,28)(H3,21,23,26,29)/b24-12+/t15-/m0/s1/i12+1. The summed E-state index contributed by atoms with van der Waals surface area (Å²) in [7, 11) is 0. The normalized spacial score (nSPS) is 12.7. The molecule has 32 heavy (non-hydrogen) atoms. The molecule has 0 fully saturated rings. The Bertz CT molecular complexity index is 806. The second-order valence-electron chi connectivity index (χ2n) is 7.60. The van der Waals surface area contributed by atoms with Gasteiger partial charge in [-0.05, 0) is 39.2 Å². The number of hydrazone groups is 1. The molecule has 0 heterocycles. The topological polar surface area (TPSA) is 183 Å². The quantitative estimate of drug-likeness (QED) is 0.125. The van der Waals surface area contributed by atoms with Crippen LogP contribution in [0.5, 0.6) is 0 Å². The number of guanidine groups is 1. The fourth-order valence-electron chi connectivity index (χ4n) is 2.25. The number of nitrogens with two attached hydrogens (primary N) is 2. The van der Waals surface area contributed by atoms with E-state index in [9.17, 15) is 14.4 Å². The van der Waals surface area contributed by atoms with Crippen LogP contribution in [-0.2, 0) is 16.1 Å². The van der Waals surface area contributed by atoms with E-state index < -0.39 is 29.9 Å². The number of aliphatic imine (C=N–C) groups is 1. The van der Waals surface area contributed by atoms with Crippen LogP contribution in [0, 0.1) is 0 Å². The largest absolute Gasteiger partial charge is 0.444 e. The van der Waals surface area contributed by atoms with Crippen LogP contribution in [0.4, 0.5) is 14.4 Å². The molecule has 1 aromatic carbocycles. The van der Waals surface area contributed by atoms with Crippen molar-refractivity contribution in [3.63, 3.8) is 0 Å². The summed E-state index contributed by atoms with van der Waals surface area (Å²) in [4.78, 5) is 38.5. The van der Waals surface area contributed by atoms with Crippen molar-refractivity contribution in [2.75, 3.05) is 6.54 Å². The molecule has 0 unspecified atom stereocenters. The number of ether oxygens (including phenoxy) is 2. The molecule has 0 aromatic heterocycles. The number of alkyl carbamates (subject to hydrolysis) is 2. The van der Waals surface area contributed by atoms with Gasteiger partial charge in [-0.15, -0.1) is 0 Å². The summed E-state index contributed by atoms with van der Waals surface area (Å²) >= 11 is 0. The minimum Gasteiger partial charge on any atom is -0.444 e. The van der Waals surface area contributed by atoms with Crippen molar-refractivity contribution in [1.82, 2.24) is 16.1 Å². The van der Waals surface area contributed by atoms with Crippen molar-refractivity contribution in [2.45, 2.75) is 51.9 Å². The van der Waals surface area contributed by atoms with E-state index in [0.29, 0.717) is 12.8 Å². The maximum atomic E-state index is 12.0. The molecule has 12 nitrogen and oxygen atoms in total. The Morgan fingerprint density at radius 3 is 2.44 bits per heavy atom. The number of carbonyl (C=O) groups excluding carboxylic acids is 3. The summed E-state index contributed by atoms with van der Waals surface area (Å²) in [5, 5.41) is 8.63. The van der Waals surface area contributed by atoms with Crippen molar-refractivity contribution in [3.05, 3.63) is 35.9 Å². The van der Waals surface area contributed by atoms with Gasteiger partial charge in [0, 0.05) is 12.8 Å². The molecule has 0 radical (unpaired) electrons. The number of hydrogen-bond donors (Lipinski definition) is 5. The number of hydrogen-bond acceptors (Lipinski definition) is 7. The summed E-state index contributed by atoms with van der Waals surface area (Å²) in [5.41, 5.74) is 12.9. The van der Waals surface area contributed by atoms with Crippen molar-refractivity contribution >= 4 is 30.4 Å². The first-order valence-corrected chi connectivity index (χ1v) is 9.91. The average Bonchev–Trinajstić information content (AvgIpc) is 2.68. The SMILES string of the molecule is CC(C)(C)OC(=O)N[C@@H](CCCN=C(N)NC(=O)OCc1ccccc1)/[13CH]=N/NC(N)=O. The highest BCUT2D eigenvalue weighted by Crippen LogP contribution is 2.07. The Labute approximate surface area is 186 Å². The first-order valence-electron chi connectivity index (χ1n) is 9.91. The molecular formula is C20H31N7O5. The van der Waals surface area contributed by atoms with E-state index in [1.807, 2.05) is 30.3 Å². The van der Waals surface area contributed by atoms with Gasteiger partial charge < -0.3 is 26.3 Å². The van der Waals surface area contributed by atoms with Crippen molar-refractivity contribution in [2.24, 2.45) is 21.6 Å². The van der Waals surface area contributed by atoms with E-state index in [1.54, 1.807) is 20.8 Å². The summed E-state index contributed by atoms with van der Waals surface area (Å²) < 4.78 is 10.3. The molecule has 1 aromatic rings. The minimum atomic E-state index is -0.833. The molecule has 0 bridgehead atoms. The molecule has 0 aliphatic heterocycles. The smallest absolute Gasteiger partial charge is 0.414 e.